The lowest BCUT2D eigenvalue weighted by molar-refractivity contribution is -0.0960. The Hall–Kier alpha value is -4.51. The average Bonchev–Trinajstić information content (AvgIpc) is 3.63. The van der Waals surface area contributed by atoms with E-state index in [1.165, 1.54) is 12.7 Å². The van der Waals surface area contributed by atoms with Gasteiger partial charge in [-0.3, -0.25) is 9.36 Å². The van der Waals surface area contributed by atoms with Gasteiger partial charge in [0, 0.05) is 6.42 Å². The molecule has 3 N–H and O–H groups in total. The molecule has 3 aromatic carbocycles. The van der Waals surface area contributed by atoms with E-state index < -0.39 is 30.0 Å². The van der Waals surface area contributed by atoms with E-state index in [1.54, 1.807) is 18.8 Å². The number of aromatic amines is 1. The monoisotopic (exact) mass is 554 g/mol. The Morgan fingerprint density at radius 1 is 0.927 bits per heavy atom. The maximum absolute atomic E-state index is 12.5. The summed E-state index contributed by atoms with van der Waals surface area (Å²) in [6.45, 7) is 0. The molecule has 0 spiro atoms. The van der Waals surface area contributed by atoms with Crippen molar-refractivity contribution in [2.45, 2.75) is 36.4 Å². The van der Waals surface area contributed by atoms with Crippen LogP contribution in [0, 0.1) is 0 Å². The Balaban J connectivity index is 1.50. The number of imidazole rings is 1. The first-order valence-electron chi connectivity index (χ1n) is 13.2. The number of fused-ring (bicyclic) bond motifs is 1. The van der Waals surface area contributed by atoms with Crippen molar-refractivity contribution in [3.8, 4) is 11.5 Å². The van der Waals surface area contributed by atoms with Crippen molar-refractivity contribution < 1.29 is 24.4 Å². The van der Waals surface area contributed by atoms with Gasteiger partial charge in [0.25, 0.3) is 5.56 Å². The van der Waals surface area contributed by atoms with E-state index in [4.69, 9.17) is 14.2 Å². The lowest BCUT2D eigenvalue weighted by Gasteiger charge is -2.43. The number of aliphatic hydroxyl groups is 2. The van der Waals surface area contributed by atoms with Crippen molar-refractivity contribution in [2.24, 2.45) is 0 Å². The molecule has 210 valence electrons. The number of aliphatic hydroxyl groups excluding tert-OH is 2. The third-order valence-corrected chi connectivity index (χ3v) is 7.89. The van der Waals surface area contributed by atoms with E-state index in [1.807, 2.05) is 78.9 Å². The molecule has 41 heavy (non-hydrogen) atoms. The van der Waals surface area contributed by atoms with E-state index in [0.29, 0.717) is 17.1 Å². The summed E-state index contributed by atoms with van der Waals surface area (Å²) in [6, 6.07) is 24.7. The van der Waals surface area contributed by atoms with Gasteiger partial charge in [-0.25, -0.2) is 9.97 Å². The van der Waals surface area contributed by atoms with Crippen molar-refractivity contribution in [1.82, 2.24) is 19.5 Å². The number of nitrogens with zero attached hydrogens (tertiary/aromatic N) is 3. The second kappa shape index (κ2) is 10.8. The zero-order valence-corrected chi connectivity index (χ0v) is 22.5. The van der Waals surface area contributed by atoms with E-state index in [0.717, 1.165) is 16.7 Å². The van der Waals surface area contributed by atoms with E-state index in [-0.39, 0.29) is 17.5 Å². The van der Waals surface area contributed by atoms with Crippen molar-refractivity contribution >= 4 is 11.2 Å². The number of nitrogens with one attached hydrogen (secondary N) is 1. The van der Waals surface area contributed by atoms with E-state index in [2.05, 4.69) is 15.0 Å². The van der Waals surface area contributed by atoms with Gasteiger partial charge in [0.1, 0.15) is 29.9 Å². The SMILES string of the molecule is COc1ccc(C(c2ccccc2)(c2ccc(OC)cc2)C(O)[C@H]2O[C@@H](n3cnc4c(=O)[nH]cnc43)C[C@@H]2O)cc1. The fraction of sp³-hybridized carbons (Fsp3) is 0.258. The molecule has 1 aliphatic rings. The topological polar surface area (TPSA) is 132 Å². The second-order valence-corrected chi connectivity index (χ2v) is 9.99. The van der Waals surface area contributed by atoms with Gasteiger partial charge >= 0.3 is 0 Å². The molecular weight excluding hydrogens is 524 g/mol. The minimum absolute atomic E-state index is 0.164. The third kappa shape index (κ3) is 4.46. The molecule has 1 saturated heterocycles. The number of hydrogen-bond donors (Lipinski definition) is 3. The van der Waals surface area contributed by atoms with Crippen LogP contribution in [0.5, 0.6) is 11.5 Å². The maximum atomic E-state index is 12.5. The number of benzene rings is 3. The standard InChI is InChI=1S/C31H30N4O6/c1-39-22-12-8-20(9-13-22)31(19-6-4-3-5-7-19,21-10-14-23(40-2)15-11-21)28(37)27-24(36)16-25(41-27)35-18-34-26-29(35)32-17-33-30(26)38/h3-15,17-18,24-25,27-28,36-37H,16H2,1-2H3,(H,32,33,38)/t24-,25+,27-,28?/m0/s1. The first-order valence-corrected chi connectivity index (χ1v) is 13.2. The van der Waals surface area contributed by atoms with Crippen molar-refractivity contribution in [3.05, 3.63) is 119 Å². The van der Waals surface area contributed by atoms with Crippen LogP contribution in [0.4, 0.5) is 0 Å². The normalized spacial score (nSPS) is 19.8. The predicted octanol–water partition coefficient (Wildman–Crippen LogP) is 3.18. The van der Waals surface area contributed by atoms with Gasteiger partial charge in [-0.1, -0.05) is 54.6 Å². The Morgan fingerprint density at radius 2 is 1.51 bits per heavy atom. The summed E-state index contributed by atoms with van der Waals surface area (Å²) in [5.74, 6) is 1.35. The molecule has 6 rings (SSSR count). The molecule has 0 radical (unpaired) electrons. The molecule has 3 heterocycles. The lowest BCUT2D eigenvalue weighted by Crippen LogP contribution is -2.51. The van der Waals surface area contributed by atoms with E-state index >= 15 is 0 Å². The molecule has 10 heteroatoms. The number of methoxy groups -OCH3 is 2. The number of H-pyrrole nitrogens is 1. The van der Waals surface area contributed by atoms with Gasteiger partial charge < -0.3 is 29.4 Å². The lowest BCUT2D eigenvalue weighted by atomic mass is 9.64. The smallest absolute Gasteiger partial charge is 0.278 e. The van der Waals surface area contributed by atoms with Gasteiger partial charge in [-0.2, -0.15) is 0 Å². The van der Waals surface area contributed by atoms with Crippen LogP contribution in [0.25, 0.3) is 11.2 Å². The van der Waals surface area contributed by atoms with Crippen molar-refractivity contribution in [2.75, 3.05) is 14.2 Å². The van der Waals surface area contributed by atoms with Crippen LogP contribution in [0.2, 0.25) is 0 Å². The molecule has 0 aliphatic carbocycles. The van der Waals surface area contributed by atoms with Crippen LogP contribution < -0.4 is 15.0 Å². The number of hydrogen-bond acceptors (Lipinski definition) is 8. The highest BCUT2D eigenvalue weighted by Gasteiger charge is 2.52. The molecule has 0 saturated carbocycles. The molecule has 5 aromatic rings. The minimum Gasteiger partial charge on any atom is -0.497 e. The maximum Gasteiger partial charge on any atom is 0.278 e. The number of aromatic nitrogens is 4. The molecule has 1 aliphatic heterocycles. The zero-order valence-electron chi connectivity index (χ0n) is 22.5. The molecule has 1 unspecified atom stereocenters. The Kier molecular flexibility index (Phi) is 7.04. The second-order valence-electron chi connectivity index (χ2n) is 9.99. The molecule has 1 fully saturated rings. The molecular formula is C31H30N4O6. The number of ether oxygens (including phenoxy) is 3. The van der Waals surface area contributed by atoms with E-state index in [9.17, 15) is 15.0 Å². The largest absolute Gasteiger partial charge is 0.497 e. The van der Waals surface area contributed by atoms with Gasteiger partial charge in [-0.05, 0) is 41.0 Å². The summed E-state index contributed by atoms with van der Waals surface area (Å²) >= 11 is 0. The fourth-order valence-electron chi connectivity index (χ4n) is 5.87. The average molecular weight is 555 g/mol. The molecule has 2 aromatic heterocycles. The summed E-state index contributed by atoms with van der Waals surface area (Å²) in [4.78, 5) is 23.2. The Bertz CT molecular complexity index is 1640. The van der Waals surface area contributed by atoms with Gasteiger partial charge in [0.05, 0.1) is 38.4 Å². The molecule has 10 nitrogen and oxygen atoms in total. The van der Waals surface area contributed by atoms with Gasteiger partial charge in [-0.15, -0.1) is 0 Å². The van der Waals surface area contributed by atoms with Crippen LogP contribution >= 0.6 is 0 Å². The van der Waals surface area contributed by atoms with Crippen LogP contribution in [-0.4, -0.2) is 62.3 Å². The van der Waals surface area contributed by atoms with Crippen molar-refractivity contribution in [1.29, 1.82) is 0 Å². The number of rotatable bonds is 8. The van der Waals surface area contributed by atoms with Gasteiger partial charge in [0.15, 0.2) is 11.2 Å². The summed E-state index contributed by atoms with van der Waals surface area (Å²) in [5, 5.41) is 23.8. The molecule has 0 bridgehead atoms. The summed E-state index contributed by atoms with van der Waals surface area (Å²) in [7, 11) is 3.20. The fourth-order valence-corrected chi connectivity index (χ4v) is 5.87. The zero-order chi connectivity index (χ0) is 28.6. The summed E-state index contributed by atoms with van der Waals surface area (Å²) in [6.07, 6.45) is -1.07. The Morgan fingerprint density at radius 3 is 2.10 bits per heavy atom. The van der Waals surface area contributed by atoms with Crippen LogP contribution in [-0.2, 0) is 10.2 Å². The van der Waals surface area contributed by atoms with Crippen LogP contribution in [0.3, 0.4) is 0 Å². The summed E-state index contributed by atoms with van der Waals surface area (Å²) in [5.41, 5.74) is 1.34. The third-order valence-electron chi connectivity index (χ3n) is 7.89. The summed E-state index contributed by atoms with van der Waals surface area (Å²) < 4.78 is 18.9. The molecule has 0 amide bonds. The highest BCUT2D eigenvalue weighted by Crippen LogP contribution is 2.47. The van der Waals surface area contributed by atoms with Crippen molar-refractivity contribution in [3.63, 3.8) is 0 Å². The van der Waals surface area contributed by atoms with Gasteiger partial charge in [0.2, 0.25) is 0 Å². The predicted molar refractivity (Wildman–Crippen MR) is 151 cm³/mol. The van der Waals surface area contributed by atoms with Crippen LogP contribution in [0.1, 0.15) is 29.3 Å². The quantitative estimate of drug-likeness (QED) is 0.249. The molecule has 4 atom stereocenters. The van der Waals surface area contributed by atoms with Crippen LogP contribution in [0.15, 0.2) is 96.3 Å². The highest BCUT2D eigenvalue weighted by molar-refractivity contribution is 5.68. The minimum atomic E-state index is -1.25. The first-order chi connectivity index (χ1) is 20.0. The highest BCUT2D eigenvalue weighted by atomic mass is 16.5. The first kappa shape index (κ1) is 26.7. The Labute approximate surface area is 235 Å².